The predicted octanol–water partition coefficient (Wildman–Crippen LogP) is 3.91. The van der Waals surface area contributed by atoms with Crippen molar-refractivity contribution in [2.24, 2.45) is 5.10 Å². The topological polar surface area (TPSA) is 69.1 Å². The third-order valence-corrected chi connectivity index (χ3v) is 7.01. The van der Waals surface area contributed by atoms with E-state index < -0.39 is 28.9 Å². The fourth-order valence-corrected chi connectivity index (χ4v) is 4.77. The molecular weight excluding hydrogens is 445 g/mol. The molecule has 1 saturated heterocycles. The molecule has 0 saturated carbocycles. The van der Waals surface area contributed by atoms with Crippen LogP contribution in [-0.2, 0) is 16.5 Å². The first-order valence-electron chi connectivity index (χ1n) is 11.4. The second-order valence-electron chi connectivity index (χ2n) is 9.30. The van der Waals surface area contributed by atoms with Crippen molar-refractivity contribution in [3.05, 3.63) is 70.8 Å². The summed E-state index contributed by atoms with van der Waals surface area (Å²) in [5, 5.41) is 17.9. The first-order valence-corrected chi connectivity index (χ1v) is 11.4. The van der Waals surface area contributed by atoms with Gasteiger partial charge in [-0.05, 0) is 49.9 Å². The number of alkyl halides is 3. The minimum atomic E-state index is -4.40. The third kappa shape index (κ3) is 4.92. The number of nitrogens with one attached hydrogen (secondary N) is 2. The highest BCUT2D eigenvalue weighted by molar-refractivity contribution is 5.58. The summed E-state index contributed by atoms with van der Waals surface area (Å²) in [4.78, 5) is 2.00. The van der Waals surface area contributed by atoms with Gasteiger partial charge in [-0.2, -0.15) is 18.3 Å². The Morgan fingerprint density at radius 2 is 1.94 bits per heavy atom. The van der Waals surface area contributed by atoms with Crippen molar-refractivity contribution in [1.82, 2.24) is 15.6 Å². The van der Waals surface area contributed by atoms with Crippen molar-refractivity contribution in [1.29, 1.82) is 0 Å². The van der Waals surface area contributed by atoms with Crippen LogP contribution >= 0.6 is 0 Å². The molecule has 2 aliphatic heterocycles. The van der Waals surface area contributed by atoms with Crippen molar-refractivity contribution in [3.8, 4) is 0 Å². The van der Waals surface area contributed by atoms with Crippen LogP contribution in [0.2, 0.25) is 0 Å². The van der Waals surface area contributed by atoms with Gasteiger partial charge in [0, 0.05) is 6.54 Å². The third-order valence-electron chi connectivity index (χ3n) is 7.01. The SMILES string of the molecule is Cc1cc([C@@H](C)OC[C@@]2(c3ccccc3)CC[C@@](CO)(N3C=NNC3)CN2)cc(C(F)(F)F)c1. The minimum absolute atomic E-state index is 0.0284. The zero-order chi connectivity index (χ0) is 24.4. The molecule has 2 aromatic carbocycles. The van der Waals surface area contributed by atoms with E-state index in [1.807, 2.05) is 35.2 Å². The molecule has 1 fully saturated rings. The number of aliphatic hydroxyl groups excluding tert-OH is 1. The number of aliphatic hydroxyl groups is 1. The number of rotatable bonds is 7. The fraction of sp³-hybridized carbons (Fsp3) is 0.480. The number of halogens is 3. The maximum Gasteiger partial charge on any atom is 0.416 e. The average Bonchev–Trinajstić information content (AvgIpc) is 3.38. The van der Waals surface area contributed by atoms with Crippen LogP contribution in [0.3, 0.4) is 0 Å². The molecule has 3 atom stereocenters. The van der Waals surface area contributed by atoms with Gasteiger partial charge in [-0.25, -0.2) is 0 Å². The van der Waals surface area contributed by atoms with E-state index in [0.717, 1.165) is 17.7 Å². The average molecular weight is 477 g/mol. The Morgan fingerprint density at radius 1 is 1.18 bits per heavy atom. The van der Waals surface area contributed by atoms with Gasteiger partial charge in [0.25, 0.3) is 0 Å². The summed E-state index contributed by atoms with van der Waals surface area (Å²) in [6.45, 7) is 4.72. The molecule has 2 aromatic rings. The van der Waals surface area contributed by atoms with Crippen molar-refractivity contribution >= 4 is 6.34 Å². The lowest BCUT2D eigenvalue weighted by molar-refractivity contribution is -0.137. The highest BCUT2D eigenvalue weighted by Crippen LogP contribution is 2.38. The number of piperidine rings is 1. The molecule has 0 aromatic heterocycles. The monoisotopic (exact) mass is 476 g/mol. The van der Waals surface area contributed by atoms with Crippen LogP contribution in [0.1, 0.15) is 48.1 Å². The van der Waals surface area contributed by atoms with Crippen LogP contribution in [0.4, 0.5) is 13.2 Å². The van der Waals surface area contributed by atoms with Crippen molar-refractivity contribution < 1.29 is 23.0 Å². The number of hydrogen-bond acceptors (Lipinski definition) is 6. The van der Waals surface area contributed by atoms with Crippen molar-refractivity contribution in [2.45, 2.75) is 50.0 Å². The molecule has 2 heterocycles. The number of aryl methyl sites for hydroxylation is 1. The molecule has 0 aliphatic carbocycles. The molecule has 0 unspecified atom stereocenters. The van der Waals surface area contributed by atoms with Crippen LogP contribution in [0.25, 0.3) is 0 Å². The lowest BCUT2D eigenvalue weighted by Crippen LogP contribution is -2.65. The molecule has 0 bridgehead atoms. The van der Waals surface area contributed by atoms with Gasteiger partial charge in [-0.1, -0.05) is 42.0 Å². The standard InChI is InChI=1S/C25H31F3N4O2/c1-18-10-20(12-22(11-18)25(26,27)28)19(2)34-15-24(21-6-4-3-5-7-21)9-8-23(14-33,13-29-24)32-16-30-31-17-32/h3-7,10-12,16,19,29,31,33H,8-9,13-15,17H2,1-2H3/t19-,23-,24-/m1/s1. The summed E-state index contributed by atoms with van der Waals surface area (Å²) in [6.07, 6.45) is -1.85. The number of hydrogen-bond donors (Lipinski definition) is 3. The highest BCUT2D eigenvalue weighted by atomic mass is 19.4. The van der Waals surface area contributed by atoms with E-state index in [-0.39, 0.29) is 13.2 Å². The van der Waals surface area contributed by atoms with E-state index in [9.17, 15) is 18.3 Å². The van der Waals surface area contributed by atoms with E-state index in [1.54, 1.807) is 26.3 Å². The molecule has 3 N–H and O–H groups in total. The summed E-state index contributed by atoms with van der Waals surface area (Å²) in [6, 6.07) is 14.0. The summed E-state index contributed by atoms with van der Waals surface area (Å²) in [5.41, 5.74) is 3.30. The largest absolute Gasteiger partial charge is 0.416 e. The predicted molar refractivity (Wildman–Crippen MR) is 124 cm³/mol. The van der Waals surface area contributed by atoms with E-state index in [1.165, 1.54) is 0 Å². The van der Waals surface area contributed by atoms with Gasteiger partial charge >= 0.3 is 6.18 Å². The zero-order valence-corrected chi connectivity index (χ0v) is 19.4. The molecule has 184 valence electrons. The van der Waals surface area contributed by atoms with E-state index in [2.05, 4.69) is 15.8 Å². The summed E-state index contributed by atoms with van der Waals surface area (Å²) in [5.74, 6) is 0. The van der Waals surface area contributed by atoms with E-state index in [4.69, 9.17) is 4.74 Å². The maximum absolute atomic E-state index is 13.3. The van der Waals surface area contributed by atoms with Gasteiger partial charge in [0.2, 0.25) is 0 Å². The Kier molecular flexibility index (Phi) is 6.89. The van der Waals surface area contributed by atoms with Crippen LogP contribution in [0.15, 0.2) is 53.6 Å². The molecule has 4 rings (SSSR count). The Balaban J connectivity index is 1.55. The number of benzene rings is 2. The Labute approximate surface area is 197 Å². The Morgan fingerprint density at radius 3 is 2.53 bits per heavy atom. The number of nitrogens with zero attached hydrogens (tertiary/aromatic N) is 2. The summed E-state index contributed by atoms with van der Waals surface area (Å²) < 4.78 is 46.2. The summed E-state index contributed by atoms with van der Waals surface area (Å²) in [7, 11) is 0. The molecule has 2 aliphatic rings. The van der Waals surface area contributed by atoms with Gasteiger partial charge in [0.1, 0.15) is 13.0 Å². The van der Waals surface area contributed by atoms with Gasteiger partial charge in [0.15, 0.2) is 0 Å². The Hall–Kier alpha value is -2.62. The molecule has 0 spiro atoms. The van der Waals surface area contributed by atoms with Gasteiger partial charge in [-0.3, -0.25) is 5.43 Å². The molecule has 0 amide bonds. The number of hydrazone groups is 1. The van der Waals surface area contributed by atoms with E-state index in [0.29, 0.717) is 37.2 Å². The Bertz CT molecular complexity index is 1000. The lowest BCUT2D eigenvalue weighted by atomic mass is 9.76. The molecule has 0 radical (unpaired) electrons. The summed E-state index contributed by atoms with van der Waals surface area (Å²) >= 11 is 0. The van der Waals surface area contributed by atoms with Crippen LogP contribution in [0, 0.1) is 6.92 Å². The highest BCUT2D eigenvalue weighted by Gasteiger charge is 2.46. The second kappa shape index (κ2) is 9.56. The van der Waals surface area contributed by atoms with E-state index >= 15 is 0 Å². The maximum atomic E-state index is 13.3. The smallest absolute Gasteiger partial charge is 0.394 e. The second-order valence-corrected chi connectivity index (χ2v) is 9.30. The first kappa shape index (κ1) is 24.5. The van der Waals surface area contributed by atoms with Gasteiger partial charge in [-0.15, -0.1) is 0 Å². The zero-order valence-electron chi connectivity index (χ0n) is 19.4. The van der Waals surface area contributed by atoms with Crippen molar-refractivity contribution in [3.63, 3.8) is 0 Å². The minimum Gasteiger partial charge on any atom is -0.394 e. The van der Waals surface area contributed by atoms with Crippen LogP contribution in [0.5, 0.6) is 0 Å². The van der Waals surface area contributed by atoms with Crippen LogP contribution in [-0.4, -0.2) is 48.3 Å². The quantitative estimate of drug-likeness (QED) is 0.566. The molecule has 34 heavy (non-hydrogen) atoms. The number of ether oxygens (including phenoxy) is 1. The first-order chi connectivity index (χ1) is 16.2. The normalized spacial score (nSPS) is 25.9. The van der Waals surface area contributed by atoms with Crippen LogP contribution < -0.4 is 10.7 Å². The van der Waals surface area contributed by atoms with Crippen molar-refractivity contribution in [2.75, 3.05) is 26.4 Å². The fourth-order valence-electron chi connectivity index (χ4n) is 4.77. The molecule has 6 nitrogen and oxygen atoms in total. The molecule has 9 heteroatoms. The lowest BCUT2D eigenvalue weighted by Gasteiger charge is -2.50. The molecular formula is C25H31F3N4O2. The van der Waals surface area contributed by atoms with Gasteiger partial charge < -0.3 is 20.1 Å². The van der Waals surface area contributed by atoms with Gasteiger partial charge in [0.05, 0.1) is 36.0 Å².